The van der Waals surface area contributed by atoms with Gasteiger partial charge in [-0.25, -0.2) is 9.07 Å². The summed E-state index contributed by atoms with van der Waals surface area (Å²) in [6, 6.07) is 23.1. The predicted octanol–water partition coefficient (Wildman–Crippen LogP) is 5.83. The van der Waals surface area contributed by atoms with Gasteiger partial charge in [-0.1, -0.05) is 42.5 Å². The highest BCUT2D eigenvalue weighted by atomic mass is 19.1. The van der Waals surface area contributed by atoms with E-state index in [0.717, 1.165) is 29.7 Å². The Balaban J connectivity index is 1.57. The van der Waals surface area contributed by atoms with Crippen LogP contribution in [0.1, 0.15) is 28.8 Å². The average Bonchev–Trinajstić information content (AvgIpc) is 3.68. The van der Waals surface area contributed by atoms with Gasteiger partial charge >= 0.3 is 0 Å². The normalized spacial score (nSPS) is 12.9. The quantitative estimate of drug-likeness (QED) is 0.324. The van der Waals surface area contributed by atoms with Crippen molar-refractivity contribution in [2.45, 2.75) is 25.4 Å². The summed E-state index contributed by atoms with van der Waals surface area (Å²) >= 11 is 0. The molecule has 1 saturated carbocycles. The number of hydrogen-bond acceptors (Lipinski definition) is 4. The van der Waals surface area contributed by atoms with Crippen LogP contribution < -0.4 is 9.47 Å². The second kappa shape index (κ2) is 9.62. The predicted molar refractivity (Wildman–Crippen MR) is 131 cm³/mol. The lowest BCUT2D eigenvalue weighted by Gasteiger charge is -2.23. The fourth-order valence-electron chi connectivity index (χ4n) is 4.14. The number of rotatable bonds is 8. The number of benzene rings is 3. The molecule has 0 saturated heterocycles. The maximum absolute atomic E-state index is 13.5. The Morgan fingerprint density at radius 1 is 1.00 bits per heavy atom. The van der Waals surface area contributed by atoms with Gasteiger partial charge in [0.1, 0.15) is 11.5 Å². The minimum atomic E-state index is -0.370. The van der Waals surface area contributed by atoms with Crippen LogP contribution >= 0.6 is 0 Å². The first-order chi connectivity index (χ1) is 17.0. The van der Waals surface area contributed by atoms with Crippen molar-refractivity contribution in [2.24, 2.45) is 7.05 Å². The summed E-state index contributed by atoms with van der Waals surface area (Å²) < 4.78 is 27.0. The van der Waals surface area contributed by atoms with Gasteiger partial charge in [-0.2, -0.15) is 5.10 Å². The number of hydrogen-bond donors (Lipinski definition) is 0. The monoisotopic (exact) mass is 471 g/mol. The molecule has 0 atom stereocenters. The number of carbonyl (C=O) groups excluding carboxylic acids is 1. The summed E-state index contributed by atoms with van der Waals surface area (Å²) in [6.07, 6.45) is 1.85. The SMILES string of the molecule is COc1ccccc1Oc1c(CN(C(=O)c2ccc(F)cc2)C2CC2)c(-c2ccccc2)nn1C. The molecule has 0 radical (unpaired) electrons. The van der Waals surface area contributed by atoms with Gasteiger partial charge in [-0.15, -0.1) is 0 Å². The summed E-state index contributed by atoms with van der Waals surface area (Å²) in [7, 11) is 3.42. The van der Waals surface area contributed by atoms with Gasteiger partial charge in [0.15, 0.2) is 11.5 Å². The Hall–Kier alpha value is -4.13. The van der Waals surface area contributed by atoms with Gasteiger partial charge in [0.05, 0.1) is 19.2 Å². The summed E-state index contributed by atoms with van der Waals surface area (Å²) in [5, 5.41) is 4.77. The van der Waals surface area contributed by atoms with Crippen molar-refractivity contribution in [3.63, 3.8) is 0 Å². The number of halogens is 1. The van der Waals surface area contributed by atoms with Crippen molar-refractivity contribution in [3.05, 3.63) is 95.8 Å². The van der Waals surface area contributed by atoms with Crippen molar-refractivity contribution in [1.82, 2.24) is 14.7 Å². The number of nitrogens with zero attached hydrogens (tertiary/aromatic N) is 3. The molecule has 0 bridgehead atoms. The number of ether oxygens (including phenoxy) is 2. The molecule has 1 amide bonds. The van der Waals surface area contributed by atoms with Crippen molar-refractivity contribution < 1.29 is 18.7 Å². The van der Waals surface area contributed by atoms with E-state index in [4.69, 9.17) is 14.6 Å². The average molecular weight is 472 g/mol. The molecule has 1 aliphatic rings. The Labute approximate surface area is 203 Å². The molecule has 7 heteroatoms. The zero-order valence-corrected chi connectivity index (χ0v) is 19.6. The van der Waals surface area contributed by atoms with Crippen molar-refractivity contribution >= 4 is 5.91 Å². The molecule has 1 fully saturated rings. The van der Waals surface area contributed by atoms with E-state index in [0.29, 0.717) is 29.5 Å². The van der Waals surface area contributed by atoms with Crippen LogP contribution in [0.5, 0.6) is 17.4 Å². The molecule has 3 aromatic carbocycles. The van der Waals surface area contributed by atoms with Gasteiger partial charge in [0.25, 0.3) is 5.91 Å². The number of aryl methyl sites for hydroxylation is 1. The van der Waals surface area contributed by atoms with Crippen LogP contribution in [0.15, 0.2) is 78.9 Å². The molecule has 1 heterocycles. The van der Waals surface area contributed by atoms with Crippen molar-refractivity contribution in [2.75, 3.05) is 7.11 Å². The number of methoxy groups -OCH3 is 1. The highest BCUT2D eigenvalue weighted by Gasteiger charge is 2.35. The van der Waals surface area contributed by atoms with E-state index >= 15 is 0 Å². The maximum Gasteiger partial charge on any atom is 0.254 e. The summed E-state index contributed by atoms with van der Waals surface area (Å²) in [5.41, 5.74) is 2.93. The lowest BCUT2D eigenvalue weighted by molar-refractivity contribution is 0.0729. The summed E-state index contributed by atoms with van der Waals surface area (Å²) in [4.78, 5) is 15.3. The van der Waals surface area contributed by atoms with Crippen LogP contribution in [-0.4, -0.2) is 33.7 Å². The van der Waals surface area contributed by atoms with E-state index < -0.39 is 0 Å². The Bertz CT molecular complexity index is 1330. The topological polar surface area (TPSA) is 56.6 Å². The third-order valence-corrected chi connectivity index (χ3v) is 6.08. The molecule has 0 aliphatic heterocycles. The number of aromatic nitrogens is 2. The van der Waals surface area contributed by atoms with Crippen LogP contribution in [0, 0.1) is 5.82 Å². The lowest BCUT2D eigenvalue weighted by Crippen LogP contribution is -2.32. The van der Waals surface area contributed by atoms with Crippen molar-refractivity contribution in [3.8, 4) is 28.6 Å². The molecule has 0 unspecified atom stereocenters. The lowest BCUT2D eigenvalue weighted by atomic mass is 10.1. The molecule has 5 rings (SSSR count). The maximum atomic E-state index is 13.5. The minimum absolute atomic E-state index is 0.121. The fourth-order valence-corrected chi connectivity index (χ4v) is 4.14. The second-order valence-electron chi connectivity index (χ2n) is 8.55. The molecular formula is C28H26FN3O3. The number of carbonyl (C=O) groups is 1. The first-order valence-corrected chi connectivity index (χ1v) is 11.5. The second-order valence-corrected chi connectivity index (χ2v) is 8.55. The Kier molecular flexibility index (Phi) is 6.23. The third-order valence-electron chi connectivity index (χ3n) is 6.08. The highest BCUT2D eigenvalue weighted by molar-refractivity contribution is 5.94. The van der Waals surface area contributed by atoms with Gasteiger partial charge in [0, 0.05) is 24.2 Å². The van der Waals surface area contributed by atoms with Gasteiger partial charge in [-0.3, -0.25) is 4.79 Å². The van der Waals surface area contributed by atoms with Gasteiger partial charge in [-0.05, 0) is 49.2 Å². The highest BCUT2D eigenvalue weighted by Crippen LogP contribution is 2.39. The zero-order chi connectivity index (χ0) is 24.4. The molecule has 1 aliphatic carbocycles. The minimum Gasteiger partial charge on any atom is -0.493 e. The largest absolute Gasteiger partial charge is 0.493 e. The van der Waals surface area contributed by atoms with E-state index in [9.17, 15) is 9.18 Å². The molecule has 1 aromatic heterocycles. The van der Waals surface area contributed by atoms with Crippen LogP contribution in [0.3, 0.4) is 0 Å². The standard InChI is InChI=1S/C28H26FN3O3/c1-31-28(35-25-11-7-6-10-24(25)34-2)23(26(30-31)19-8-4-3-5-9-19)18-32(22-16-17-22)27(33)20-12-14-21(29)15-13-20/h3-15,22H,16-18H2,1-2H3. The third kappa shape index (κ3) is 4.75. The van der Waals surface area contributed by atoms with Crippen molar-refractivity contribution in [1.29, 1.82) is 0 Å². The van der Waals surface area contributed by atoms with E-state index in [-0.39, 0.29) is 17.8 Å². The number of para-hydroxylation sites is 2. The molecule has 35 heavy (non-hydrogen) atoms. The molecule has 4 aromatic rings. The van der Waals surface area contributed by atoms with E-state index in [1.165, 1.54) is 24.3 Å². The molecular weight excluding hydrogens is 445 g/mol. The first kappa shape index (κ1) is 22.7. The smallest absolute Gasteiger partial charge is 0.254 e. The van der Waals surface area contributed by atoms with Crippen LogP contribution in [0.4, 0.5) is 4.39 Å². The summed E-state index contributed by atoms with van der Waals surface area (Å²) in [5.74, 6) is 1.18. The molecule has 0 spiro atoms. The van der Waals surface area contributed by atoms with E-state index in [2.05, 4.69) is 0 Å². The van der Waals surface area contributed by atoms with Crippen LogP contribution in [0.25, 0.3) is 11.3 Å². The number of amides is 1. The fraction of sp³-hybridized carbons (Fsp3) is 0.214. The molecule has 178 valence electrons. The first-order valence-electron chi connectivity index (χ1n) is 11.5. The van der Waals surface area contributed by atoms with E-state index in [1.54, 1.807) is 11.8 Å². The van der Waals surface area contributed by atoms with Gasteiger partial charge in [0.2, 0.25) is 5.88 Å². The Morgan fingerprint density at radius 2 is 1.66 bits per heavy atom. The van der Waals surface area contributed by atoms with E-state index in [1.807, 2.05) is 66.5 Å². The van der Waals surface area contributed by atoms with Crippen LogP contribution in [-0.2, 0) is 13.6 Å². The Morgan fingerprint density at radius 3 is 2.31 bits per heavy atom. The zero-order valence-electron chi connectivity index (χ0n) is 19.6. The van der Waals surface area contributed by atoms with Crippen LogP contribution in [0.2, 0.25) is 0 Å². The van der Waals surface area contributed by atoms with Gasteiger partial charge < -0.3 is 14.4 Å². The molecule has 6 nitrogen and oxygen atoms in total. The summed E-state index contributed by atoms with van der Waals surface area (Å²) in [6.45, 7) is 0.309. The molecule has 0 N–H and O–H groups in total.